The van der Waals surface area contributed by atoms with Gasteiger partial charge in [0, 0.05) is 41.7 Å². The number of hydrogen-bond acceptors (Lipinski definition) is 3. The molecule has 0 aliphatic carbocycles. The van der Waals surface area contributed by atoms with Gasteiger partial charge < -0.3 is 5.32 Å². The standard InChI is InChI=1S/C30H26N4O/c1-21-11-9-10-16-25(21)30(35)32-27(23-17-19-31-20-18-23)26-28(22-12-5-3-6-13-22)33-34(2)29(26)24-14-7-4-8-15-24/h3-20,27H,1-2H3,(H,32,35). The number of aromatic nitrogens is 3. The summed E-state index contributed by atoms with van der Waals surface area (Å²) in [7, 11) is 1.95. The van der Waals surface area contributed by atoms with Crippen molar-refractivity contribution in [3.63, 3.8) is 0 Å². The van der Waals surface area contributed by atoms with Gasteiger partial charge in [-0.1, -0.05) is 78.9 Å². The van der Waals surface area contributed by atoms with Crippen molar-refractivity contribution in [2.75, 3.05) is 0 Å². The Kier molecular flexibility index (Phi) is 6.22. The van der Waals surface area contributed by atoms with Crippen molar-refractivity contribution in [1.29, 1.82) is 0 Å². The zero-order valence-electron chi connectivity index (χ0n) is 19.7. The minimum absolute atomic E-state index is 0.133. The van der Waals surface area contributed by atoms with Gasteiger partial charge in [-0.15, -0.1) is 0 Å². The van der Waals surface area contributed by atoms with Crippen LogP contribution in [0.1, 0.15) is 33.1 Å². The number of aryl methyl sites for hydroxylation is 2. The molecule has 0 saturated carbocycles. The van der Waals surface area contributed by atoms with Crippen molar-refractivity contribution >= 4 is 5.91 Å². The molecule has 5 nitrogen and oxygen atoms in total. The maximum Gasteiger partial charge on any atom is 0.252 e. The van der Waals surface area contributed by atoms with Gasteiger partial charge in [0.05, 0.1) is 17.4 Å². The number of carbonyl (C=O) groups excluding carboxylic acids is 1. The maximum atomic E-state index is 13.6. The van der Waals surface area contributed by atoms with Crippen molar-refractivity contribution in [1.82, 2.24) is 20.1 Å². The van der Waals surface area contributed by atoms with Crippen LogP contribution in [0.25, 0.3) is 22.5 Å². The molecule has 1 N–H and O–H groups in total. The van der Waals surface area contributed by atoms with Crippen molar-refractivity contribution in [3.8, 4) is 22.5 Å². The van der Waals surface area contributed by atoms with Gasteiger partial charge in [-0.2, -0.15) is 5.10 Å². The Morgan fingerprint density at radius 3 is 2.06 bits per heavy atom. The molecule has 0 aliphatic heterocycles. The smallest absolute Gasteiger partial charge is 0.252 e. The highest BCUT2D eigenvalue weighted by atomic mass is 16.1. The quantitative estimate of drug-likeness (QED) is 0.341. The molecule has 3 aromatic carbocycles. The molecular weight excluding hydrogens is 432 g/mol. The summed E-state index contributed by atoms with van der Waals surface area (Å²) in [5.41, 5.74) is 7.26. The molecule has 2 aromatic heterocycles. The van der Waals surface area contributed by atoms with Gasteiger partial charge in [0.1, 0.15) is 0 Å². The average Bonchev–Trinajstić information content (AvgIpc) is 3.25. The first-order chi connectivity index (χ1) is 17.1. The fraction of sp³-hybridized carbons (Fsp3) is 0.100. The van der Waals surface area contributed by atoms with E-state index in [4.69, 9.17) is 5.10 Å². The largest absolute Gasteiger partial charge is 0.341 e. The Hall–Kier alpha value is -4.51. The molecule has 5 rings (SSSR count). The Morgan fingerprint density at radius 1 is 0.800 bits per heavy atom. The number of rotatable bonds is 6. The SMILES string of the molecule is Cc1ccccc1C(=O)NC(c1ccncc1)c1c(-c2ccccc2)nn(C)c1-c1ccccc1. The van der Waals surface area contributed by atoms with Crippen LogP contribution in [-0.4, -0.2) is 20.7 Å². The topological polar surface area (TPSA) is 59.8 Å². The number of amides is 1. The normalized spacial score (nSPS) is 11.7. The number of nitrogens with one attached hydrogen (secondary N) is 1. The summed E-state index contributed by atoms with van der Waals surface area (Å²) in [6, 6.07) is 31.3. The van der Waals surface area contributed by atoms with E-state index >= 15 is 0 Å². The van der Waals surface area contributed by atoms with Gasteiger partial charge in [-0.25, -0.2) is 0 Å². The number of nitrogens with zero attached hydrogens (tertiary/aromatic N) is 3. The summed E-state index contributed by atoms with van der Waals surface area (Å²) >= 11 is 0. The third-order valence-electron chi connectivity index (χ3n) is 6.17. The van der Waals surface area contributed by atoms with Crippen LogP contribution >= 0.6 is 0 Å². The zero-order chi connectivity index (χ0) is 24.2. The molecule has 35 heavy (non-hydrogen) atoms. The van der Waals surface area contributed by atoms with Crippen molar-refractivity contribution in [2.45, 2.75) is 13.0 Å². The van der Waals surface area contributed by atoms with Crippen LogP contribution < -0.4 is 5.32 Å². The van der Waals surface area contributed by atoms with Crippen LogP contribution in [0.4, 0.5) is 0 Å². The van der Waals surface area contributed by atoms with E-state index < -0.39 is 6.04 Å². The van der Waals surface area contributed by atoms with Gasteiger partial charge in [0.15, 0.2) is 0 Å². The molecule has 1 unspecified atom stereocenters. The highest BCUT2D eigenvalue weighted by molar-refractivity contribution is 5.96. The molecule has 0 radical (unpaired) electrons. The lowest BCUT2D eigenvalue weighted by atomic mass is 9.91. The second kappa shape index (κ2) is 9.77. The van der Waals surface area contributed by atoms with Crippen molar-refractivity contribution in [3.05, 3.63) is 132 Å². The minimum Gasteiger partial charge on any atom is -0.341 e. The first-order valence-electron chi connectivity index (χ1n) is 11.6. The lowest BCUT2D eigenvalue weighted by Gasteiger charge is -2.22. The van der Waals surface area contributed by atoms with E-state index in [0.717, 1.165) is 39.2 Å². The van der Waals surface area contributed by atoms with Crippen molar-refractivity contribution in [2.24, 2.45) is 7.05 Å². The van der Waals surface area contributed by atoms with Crippen LogP contribution in [0.3, 0.4) is 0 Å². The highest BCUT2D eigenvalue weighted by Gasteiger charge is 2.29. The molecule has 0 aliphatic rings. The Balaban J connectivity index is 1.74. The summed E-state index contributed by atoms with van der Waals surface area (Å²) in [5, 5.41) is 8.27. The Morgan fingerprint density at radius 2 is 1.40 bits per heavy atom. The molecule has 5 aromatic rings. The molecule has 5 heteroatoms. The molecule has 1 amide bonds. The predicted octanol–water partition coefficient (Wildman–Crippen LogP) is 5.98. The monoisotopic (exact) mass is 458 g/mol. The number of benzene rings is 3. The number of hydrogen-bond donors (Lipinski definition) is 1. The third kappa shape index (κ3) is 4.49. The van der Waals surface area contributed by atoms with Gasteiger partial charge in [-0.05, 0) is 36.2 Å². The molecule has 0 bridgehead atoms. The van der Waals surface area contributed by atoms with E-state index in [0.29, 0.717) is 5.56 Å². The Bertz CT molecular complexity index is 1440. The molecule has 0 saturated heterocycles. The molecule has 172 valence electrons. The average molecular weight is 459 g/mol. The molecule has 0 spiro atoms. The van der Waals surface area contributed by atoms with Crippen LogP contribution in [0.5, 0.6) is 0 Å². The molecule has 1 atom stereocenters. The first-order valence-corrected chi connectivity index (χ1v) is 11.6. The lowest BCUT2D eigenvalue weighted by molar-refractivity contribution is 0.0942. The summed E-state index contributed by atoms with van der Waals surface area (Å²) in [6.45, 7) is 1.95. The third-order valence-corrected chi connectivity index (χ3v) is 6.17. The summed E-state index contributed by atoms with van der Waals surface area (Å²) in [4.78, 5) is 17.8. The maximum absolute atomic E-state index is 13.6. The van der Waals surface area contributed by atoms with Gasteiger partial charge in [0.2, 0.25) is 0 Å². The first kappa shape index (κ1) is 22.3. The number of pyridine rings is 1. The second-order valence-corrected chi connectivity index (χ2v) is 8.47. The van der Waals surface area contributed by atoms with Crippen LogP contribution in [0, 0.1) is 6.92 Å². The fourth-order valence-corrected chi connectivity index (χ4v) is 4.48. The minimum atomic E-state index is -0.441. The van der Waals surface area contributed by atoms with Crippen molar-refractivity contribution < 1.29 is 4.79 Å². The van der Waals surface area contributed by atoms with Gasteiger partial charge in [-0.3, -0.25) is 14.5 Å². The number of carbonyl (C=O) groups is 1. The lowest BCUT2D eigenvalue weighted by Crippen LogP contribution is -2.30. The van der Waals surface area contributed by atoms with E-state index in [9.17, 15) is 4.79 Å². The van der Waals surface area contributed by atoms with E-state index in [2.05, 4.69) is 22.4 Å². The fourth-order valence-electron chi connectivity index (χ4n) is 4.48. The van der Waals surface area contributed by atoms with E-state index in [1.807, 2.05) is 104 Å². The van der Waals surface area contributed by atoms with E-state index in [1.165, 1.54) is 0 Å². The molecule has 0 fully saturated rings. The zero-order valence-corrected chi connectivity index (χ0v) is 19.7. The molecule has 2 heterocycles. The highest BCUT2D eigenvalue weighted by Crippen LogP contribution is 2.39. The van der Waals surface area contributed by atoms with Gasteiger partial charge in [0.25, 0.3) is 5.91 Å². The molecular formula is C30H26N4O. The second-order valence-electron chi connectivity index (χ2n) is 8.47. The van der Waals surface area contributed by atoms with Crippen LogP contribution in [0.15, 0.2) is 109 Å². The van der Waals surface area contributed by atoms with Crippen LogP contribution in [-0.2, 0) is 7.05 Å². The van der Waals surface area contributed by atoms with Gasteiger partial charge >= 0.3 is 0 Å². The predicted molar refractivity (Wildman–Crippen MR) is 139 cm³/mol. The van der Waals surface area contributed by atoms with Crippen LogP contribution in [0.2, 0.25) is 0 Å². The summed E-state index contributed by atoms with van der Waals surface area (Å²) < 4.78 is 1.90. The summed E-state index contributed by atoms with van der Waals surface area (Å²) in [5.74, 6) is -0.133. The van der Waals surface area contributed by atoms with E-state index in [-0.39, 0.29) is 5.91 Å². The summed E-state index contributed by atoms with van der Waals surface area (Å²) in [6.07, 6.45) is 3.51. The van der Waals surface area contributed by atoms with E-state index in [1.54, 1.807) is 12.4 Å². The Labute approximate surface area is 205 Å².